The largest absolute Gasteiger partial charge is 0.459 e. The lowest BCUT2D eigenvalue weighted by atomic mass is 9.99. The molecule has 2 atom stereocenters. The lowest BCUT2D eigenvalue weighted by molar-refractivity contribution is -0.131. The highest BCUT2D eigenvalue weighted by Gasteiger charge is 2.44. The van der Waals surface area contributed by atoms with Crippen molar-refractivity contribution in [2.75, 3.05) is 62.7 Å². The molecule has 0 bridgehead atoms. The number of nitrogens with zero attached hydrogens (tertiary/aromatic N) is 7. The van der Waals surface area contributed by atoms with Crippen LogP contribution in [0.5, 0.6) is 6.01 Å². The van der Waals surface area contributed by atoms with Gasteiger partial charge in [0.2, 0.25) is 6.54 Å². The van der Waals surface area contributed by atoms with Gasteiger partial charge in [-0.15, -0.1) is 0 Å². The molecule has 1 saturated heterocycles. The second kappa shape index (κ2) is 12.8. The molecule has 46 heavy (non-hydrogen) atoms. The van der Waals surface area contributed by atoms with Crippen LogP contribution in [0.1, 0.15) is 36.6 Å². The lowest BCUT2D eigenvalue weighted by Gasteiger charge is -2.41. The highest BCUT2D eigenvalue weighted by molar-refractivity contribution is 5.97. The molecule has 1 aliphatic carbocycles. The SMILES string of the molecule is [C-]#[N+]C[C@H]1CN(c2nc(O[C@H](C)CN(C)CC3(F)CC3)nc3c2CCN(c2cccc4cccc(C)c24)C3)CCN1C(=O)C(=C)F. The zero-order valence-electron chi connectivity index (χ0n) is 26.8. The highest BCUT2D eigenvalue weighted by Crippen LogP contribution is 2.40. The van der Waals surface area contributed by atoms with Gasteiger partial charge in [0.1, 0.15) is 23.6 Å². The molecule has 1 saturated carbocycles. The summed E-state index contributed by atoms with van der Waals surface area (Å²) in [6.45, 7) is 17.9. The fourth-order valence-corrected chi connectivity index (χ4v) is 6.91. The molecule has 2 aromatic carbocycles. The molecule has 3 aromatic rings. The number of anilines is 2. The van der Waals surface area contributed by atoms with Crippen LogP contribution in [0, 0.1) is 13.5 Å². The standard InChI is InChI=1S/C35H41F2N7O2/c1-23-8-6-9-26-10-7-11-30(31(23)26)42-15-12-28-29(21-42)39-34(46-24(2)19-41(5)22-35(37)13-14-35)40-32(28)43-16-17-44(33(45)25(3)36)27(20-43)18-38-4/h6-11,24,27H,3,12-22H2,1-2,5H3/t24-,27+/m1/s1. The molecule has 0 N–H and O–H groups in total. The molecule has 6 rings (SSSR count). The van der Waals surface area contributed by atoms with Crippen molar-refractivity contribution >= 4 is 28.2 Å². The van der Waals surface area contributed by atoms with Crippen LogP contribution in [-0.4, -0.2) is 96.4 Å². The Morgan fingerprint density at radius 1 is 1.20 bits per heavy atom. The number of carbonyl (C=O) groups excluding carboxylic acids is 1. The van der Waals surface area contributed by atoms with Gasteiger partial charge in [-0.25, -0.2) is 15.4 Å². The summed E-state index contributed by atoms with van der Waals surface area (Å²) in [6, 6.07) is 12.4. The van der Waals surface area contributed by atoms with E-state index in [1.54, 1.807) is 0 Å². The summed E-state index contributed by atoms with van der Waals surface area (Å²) < 4.78 is 34.6. The number of fused-ring (bicyclic) bond motifs is 2. The van der Waals surface area contributed by atoms with E-state index in [-0.39, 0.29) is 25.2 Å². The smallest absolute Gasteiger partial charge is 0.318 e. The number of hydrogen-bond acceptors (Lipinski definition) is 7. The number of likely N-dealkylation sites (N-methyl/N-ethyl adjacent to an activating group) is 1. The van der Waals surface area contributed by atoms with Gasteiger partial charge in [-0.2, -0.15) is 9.97 Å². The van der Waals surface area contributed by atoms with Crippen molar-refractivity contribution in [3.63, 3.8) is 0 Å². The Morgan fingerprint density at radius 2 is 1.96 bits per heavy atom. The molecule has 3 heterocycles. The Balaban J connectivity index is 1.31. The summed E-state index contributed by atoms with van der Waals surface area (Å²) in [5, 5.41) is 2.40. The number of alkyl halides is 1. The minimum Gasteiger partial charge on any atom is -0.459 e. The molecule has 11 heteroatoms. The number of rotatable bonds is 10. The van der Waals surface area contributed by atoms with Crippen molar-refractivity contribution in [1.29, 1.82) is 0 Å². The minimum atomic E-state index is -1.09. The molecule has 2 aliphatic heterocycles. The first-order valence-electron chi connectivity index (χ1n) is 16.0. The van der Waals surface area contributed by atoms with Gasteiger partial charge in [-0.05, 0) is 57.2 Å². The van der Waals surface area contributed by atoms with E-state index in [0.29, 0.717) is 52.0 Å². The Kier molecular flexibility index (Phi) is 8.84. The predicted octanol–water partition coefficient (Wildman–Crippen LogP) is 5.12. The van der Waals surface area contributed by atoms with Gasteiger partial charge in [0.05, 0.1) is 12.2 Å². The van der Waals surface area contributed by atoms with Crippen LogP contribution in [0.3, 0.4) is 0 Å². The zero-order chi connectivity index (χ0) is 32.6. The normalized spacial score (nSPS) is 19.5. The molecule has 242 valence electrons. The van der Waals surface area contributed by atoms with Crippen molar-refractivity contribution in [3.05, 3.63) is 77.0 Å². The second-order valence-corrected chi connectivity index (χ2v) is 13.0. The van der Waals surface area contributed by atoms with E-state index >= 15 is 0 Å². The minimum absolute atomic E-state index is 0.0415. The molecule has 1 amide bonds. The van der Waals surface area contributed by atoms with E-state index < -0.39 is 23.4 Å². The van der Waals surface area contributed by atoms with Crippen LogP contribution in [0.25, 0.3) is 15.6 Å². The lowest BCUT2D eigenvalue weighted by Crippen LogP contribution is -2.57. The van der Waals surface area contributed by atoms with Crippen molar-refractivity contribution in [1.82, 2.24) is 19.8 Å². The van der Waals surface area contributed by atoms with E-state index in [1.807, 2.05) is 18.9 Å². The summed E-state index contributed by atoms with van der Waals surface area (Å²) in [5.74, 6) is -1.08. The predicted molar refractivity (Wildman–Crippen MR) is 176 cm³/mol. The second-order valence-electron chi connectivity index (χ2n) is 13.0. The number of ether oxygens (including phenoxy) is 1. The Morgan fingerprint density at radius 3 is 2.67 bits per heavy atom. The highest BCUT2D eigenvalue weighted by atomic mass is 19.1. The topological polar surface area (TPSA) is 69.4 Å². The number of benzene rings is 2. The van der Waals surface area contributed by atoms with Gasteiger partial charge in [0, 0.05) is 55.9 Å². The third-order valence-electron chi connectivity index (χ3n) is 9.25. The molecule has 1 aromatic heterocycles. The summed E-state index contributed by atoms with van der Waals surface area (Å²) in [6.07, 6.45) is 1.60. The van der Waals surface area contributed by atoms with Crippen LogP contribution in [-0.2, 0) is 17.8 Å². The van der Waals surface area contributed by atoms with Crippen LogP contribution in [0.15, 0.2) is 48.8 Å². The number of carbonyl (C=O) groups is 1. The molecule has 2 fully saturated rings. The van der Waals surface area contributed by atoms with E-state index in [0.717, 1.165) is 29.3 Å². The van der Waals surface area contributed by atoms with Crippen molar-refractivity contribution in [3.8, 4) is 6.01 Å². The first-order chi connectivity index (χ1) is 22.0. The Hall–Kier alpha value is -4.30. The Bertz CT molecular complexity index is 1680. The third-order valence-corrected chi connectivity index (χ3v) is 9.25. The number of aromatic nitrogens is 2. The number of amides is 1. The molecular formula is C35H41F2N7O2. The monoisotopic (exact) mass is 629 g/mol. The van der Waals surface area contributed by atoms with Gasteiger partial charge in [0.25, 0.3) is 5.91 Å². The van der Waals surface area contributed by atoms with E-state index in [4.69, 9.17) is 21.3 Å². The van der Waals surface area contributed by atoms with Gasteiger partial charge in [0.15, 0.2) is 5.83 Å². The third kappa shape index (κ3) is 6.63. The average molecular weight is 630 g/mol. The number of halogens is 2. The number of hydrogen-bond donors (Lipinski definition) is 0. The number of aryl methyl sites for hydroxylation is 1. The molecular weight excluding hydrogens is 588 g/mol. The molecule has 0 spiro atoms. The summed E-state index contributed by atoms with van der Waals surface area (Å²) >= 11 is 0. The van der Waals surface area contributed by atoms with E-state index in [9.17, 15) is 13.6 Å². The van der Waals surface area contributed by atoms with E-state index in [1.165, 1.54) is 21.2 Å². The van der Waals surface area contributed by atoms with Gasteiger partial charge >= 0.3 is 6.01 Å². The number of piperazine rings is 1. The maximum Gasteiger partial charge on any atom is 0.318 e. The quantitative estimate of drug-likeness (QED) is 0.228. The van der Waals surface area contributed by atoms with Gasteiger partial charge in [-0.1, -0.05) is 36.9 Å². The maximum absolute atomic E-state index is 14.4. The van der Waals surface area contributed by atoms with Crippen LogP contribution in [0.4, 0.5) is 20.3 Å². The summed E-state index contributed by atoms with van der Waals surface area (Å²) in [7, 11) is 1.90. The van der Waals surface area contributed by atoms with Gasteiger partial charge in [-0.3, -0.25) is 9.69 Å². The van der Waals surface area contributed by atoms with Crippen LogP contribution < -0.4 is 14.5 Å². The molecule has 3 aliphatic rings. The van der Waals surface area contributed by atoms with Crippen molar-refractivity contribution in [2.24, 2.45) is 0 Å². The van der Waals surface area contributed by atoms with E-state index in [2.05, 4.69) is 64.5 Å². The van der Waals surface area contributed by atoms with Gasteiger partial charge < -0.3 is 24.3 Å². The summed E-state index contributed by atoms with van der Waals surface area (Å²) in [5.41, 5.74) is 3.13. The average Bonchev–Trinajstić information content (AvgIpc) is 3.75. The summed E-state index contributed by atoms with van der Waals surface area (Å²) in [4.78, 5) is 33.7. The fraction of sp³-hybridized carbons (Fsp3) is 0.486. The molecule has 0 radical (unpaired) electrons. The first kappa shape index (κ1) is 31.7. The zero-order valence-corrected chi connectivity index (χ0v) is 26.8. The maximum atomic E-state index is 14.4. The molecule has 9 nitrogen and oxygen atoms in total. The first-order valence-corrected chi connectivity index (χ1v) is 16.0. The molecule has 0 unspecified atom stereocenters. The van der Waals surface area contributed by atoms with Crippen molar-refractivity contribution in [2.45, 2.75) is 57.5 Å². The van der Waals surface area contributed by atoms with Crippen LogP contribution >= 0.6 is 0 Å². The Labute approximate surface area is 269 Å². The fourth-order valence-electron chi connectivity index (χ4n) is 6.91. The van der Waals surface area contributed by atoms with Crippen LogP contribution in [0.2, 0.25) is 0 Å². The van der Waals surface area contributed by atoms with Crippen molar-refractivity contribution < 1.29 is 18.3 Å².